The topological polar surface area (TPSA) is 20.3 Å². The number of benzene rings is 2. The van der Waals surface area contributed by atoms with Crippen LogP contribution in [0.3, 0.4) is 0 Å². The second kappa shape index (κ2) is 5.68. The van der Waals surface area contributed by atoms with E-state index in [0.29, 0.717) is 0 Å². The number of hydrogen-bond donors (Lipinski definition) is 0. The van der Waals surface area contributed by atoms with Crippen molar-refractivity contribution in [2.24, 2.45) is 0 Å². The molecule has 1 heterocycles. The van der Waals surface area contributed by atoms with Gasteiger partial charge in [0.15, 0.2) is 0 Å². The van der Waals surface area contributed by atoms with Crippen LogP contribution in [0.1, 0.15) is 40.4 Å². The summed E-state index contributed by atoms with van der Waals surface area (Å²) < 4.78 is 13.1. The zero-order valence-corrected chi connectivity index (χ0v) is 12.1. The molecule has 3 heteroatoms. The summed E-state index contributed by atoms with van der Waals surface area (Å²) in [7, 11) is 0. The first-order chi connectivity index (χ1) is 10.2. The van der Waals surface area contributed by atoms with Gasteiger partial charge in [-0.25, -0.2) is 4.39 Å². The van der Waals surface area contributed by atoms with E-state index >= 15 is 0 Å². The second-order valence-corrected chi connectivity index (χ2v) is 5.52. The lowest BCUT2D eigenvalue weighted by atomic mass is 10.0. The van der Waals surface area contributed by atoms with Crippen molar-refractivity contribution in [3.63, 3.8) is 0 Å². The number of carbonyl (C=O) groups is 1. The van der Waals surface area contributed by atoms with Gasteiger partial charge < -0.3 is 4.90 Å². The highest BCUT2D eigenvalue weighted by atomic mass is 19.1. The van der Waals surface area contributed by atoms with Crippen molar-refractivity contribution in [3.8, 4) is 0 Å². The fourth-order valence-corrected chi connectivity index (χ4v) is 3.01. The van der Waals surface area contributed by atoms with Crippen molar-refractivity contribution < 1.29 is 9.18 Å². The van der Waals surface area contributed by atoms with Gasteiger partial charge in [-0.1, -0.05) is 30.3 Å². The van der Waals surface area contributed by atoms with Crippen LogP contribution in [-0.4, -0.2) is 17.4 Å². The molecule has 1 amide bonds. The molecule has 1 aliphatic rings. The lowest BCUT2D eigenvalue weighted by Gasteiger charge is -2.26. The van der Waals surface area contributed by atoms with E-state index in [2.05, 4.69) is 0 Å². The zero-order valence-electron chi connectivity index (χ0n) is 12.1. The van der Waals surface area contributed by atoms with E-state index in [1.165, 1.54) is 12.1 Å². The van der Waals surface area contributed by atoms with Crippen LogP contribution in [0.5, 0.6) is 0 Å². The largest absolute Gasteiger partial charge is 0.332 e. The number of likely N-dealkylation sites (tertiary alicyclic amines) is 1. The number of amides is 1. The average Bonchev–Trinajstić information content (AvgIpc) is 2.97. The summed E-state index contributed by atoms with van der Waals surface area (Å²) in [6.07, 6.45) is 1.92. The molecule has 1 aliphatic heterocycles. The monoisotopic (exact) mass is 283 g/mol. The molecule has 3 rings (SSSR count). The molecule has 2 aromatic rings. The third kappa shape index (κ3) is 2.68. The van der Waals surface area contributed by atoms with Crippen LogP contribution in [-0.2, 0) is 0 Å². The van der Waals surface area contributed by atoms with Gasteiger partial charge in [-0.3, -0.25) is 4.79 Å². The molecule has 1 saturated heterocycles. The van der Waals surface area contributed by atoms with Crippen LogP contribution in [0, 0.1) is 12.7 Å². The molecule has 1 atom stereocenters. The number of carbonyl (C=O) groups excluding carboxylic acids is 1. The number of halogens is 1. The molecule has 0 spiro atoms. The lowest BCUT2D eigenvalue weighted by molar-refractivity contribution is 0.0735. The van der Waals surface area contributed by atoms with Gasteiger partial charge in [0, 0.05) is 12.1 Å². The minimum atomic E-state index is -0.242. The van der Waals surface area contributed by atoms with E-state index in [1.807, 2.05) is 36.1 Å². The summed E-state index contributed by atoms with van der Waals surface area (Å²) in [5.74, 6) is -0.173. The quantitative estimate of drug-likeness (QED) is 0.812. The minimum Gasteiger partial charge on any atom is -0.332 e. The van der Waals surface area contributed by atoms with Crippen molar-refractivity contribution in [2.75, 3.05) is 6.54 Å². The smallest absolute Gasteiger partial charge is 0.254 e. The molecule has 1 fully saturated rings. The molecule has 108 valence electrons. The van der Waals surface area contributed by atoms with E-state index in [-0.39, 0.29) is 17.8 Å². The highest BCUT2D eigenvalue weighted by molar-refractivity contribution is 5.96. The molecule has 0 bridgehead atoms. The maximum absolute atomic E-state index is 13.1. The maximum Gasteiger partial charge on any atom is 0.254 e. The van der Waals surface area contributed by atoms with Crippen LogP contribution >= 0.6 is 0 Å². The highest BCUT2D eigenvalue weighted by Crippen LogP contribution is 2.33. The third-order valence-corrected chi connectivity index (χ3v) is 4.14. The van der Waals surface area contributed by atoms with Crippen molar-refractivity contribution in [1.82, 2.24) is 4.90 Å². The summed E-state index contributed by atoms with van der Waals surface area (Å²) in [4.78, 5) is 14.7. The van der Waals surface area contributed by atoms with Crippen molar-refractivity contribution in [1.29, 1.82) is 0 Å². The predicted molar refractivity (Wildman–Crippen MR) is 80.6 cm³/mol. The lowest BCUT2D eigenvalue weighted by Crippen LogP contribution is -2.31. The second-order valence-electron chi connectivity index (χ2n) is 5.52. The standard InChI is InChI=1S/C18H18FNO/c1-13-5-2-3-6-16(13)18(21)20-12-4-7-17(20)14-8-10-15(19)11-9-14/h2-3,5-6,8-11,17H,4,7,12H2,1H3. The van der Waals surface area contributed by atoms with Gasteiger partial charge in [-0.05, 0) is 49.1 Å². The van der Waals surface area contributed by atoms with Crippen LogP contribution in [0.15, 0.2) is 48.5 Å². The van der Waals surface area contributed by atoms with Crippen molar-refractivity contribution >= 4 is 5.91 Å². The summed E-state index contributed by atoms with van der Waals surface area (Å²) in [5.41, 5.74) is 2.76. The fraction of sp³-hybridized carbons (Fsp3) is 0.278. The predicted octanol–water partition coefficient (Wildman–Crippen LogP) is 4.11. The van der Waals surface area contributed by atoms with Gasteiger partial charge in [-0.15, -0.1) is 0 Å². The molecule has 1 unspecified atom stereocenters. The maximum atomic E-state index is 13.1. The summed E-state index contributed by atoms with van der Waals surface area (Å²) in [5, 5.41) is 0. The highest BCUT2D eigenvalue weighted by Gasteiger charge is 2.30. The number of nitrogens with zero attached hydrogens (tertiary/aromatic N) is 1. The van der Waals surface area contributed by atoms with Gasteiger partial charge in [0.1, 0.15) is 5.82 Å². The van der Waals surface area contributed by atoms with Crippen LogP contribution in [0.4, 0.5) is 4.39 Å². The van der Waals surface area contributed by atoms with E-state index in [1.54, 1.807) is 12.1 Å². The SMILES string of the molecule is Cc1ccccc1C(=O)N1CCCC1c1ccc(F)cc1. The number of rotatable bonds is 2. The van der Waals surface area contributed by atoms with E-state index < -0.39 is 0 Å². The molecule has 21 heavy (non-hydrogen) atoms. The fourth-order valence-electron chi connectivity index (χ4n) is 3.01. The Hall–Kier alpha value is -2.16. The number of aryl methyl sites for hydroxylation is 1. The van der Waals surface area contributed by atoms with E-state index in [4.69, 9.17) is 0 Å². The normalized spacial score (nSPS) is 18.0. The molecule has 0 N–H and O–H groups in total. The van der Waals surface area contributed by atoms with Gasteiger partial charge in [0.2, 0.25) is 0 Å². The van der Waals surface area contributed by atoms with Crippen LogP contribution in [0.25, 0.3) is 0 Å². The Morgan fingerprint density at radius 1 is 1.14 bits per heavy atom. The molecular formula is C18H18FNO. The Kier molecular flexibility index (Phi) is 3.74. The summed E-state index contributed by atoms with van der Waals surface area (Å²) in [6, 6.07) is 14.2. The number of hydrogen-bond acceptors (Lipinski definition) is 1. The Labute approximate surface area is 124 Å². The average molecular weight is 283 g/mol. The Bertz CT molecular complexity index is 651. The zero-order chi connectivity index (χ0) is 14.8. The first-order valence-corrected chi connectivity index (χ1v) is 7.29. The molecule has 0 radical (unpaired) electrons. The van der Waals surface area contributed by atoms with Crippen LogP contribution < -0.4 is 0 Å². The Morgan fingerprint density at radius 3 is 2.57 bits per heavy atom. The minimum absolute atomic E-state index is 0.0534. The third-order valence-electron chi connectivity index (χ3n) is 4.14. The molecular weight excluding hydrogens is 265 g/mol. The van der Waals surface area contributed by atoms with Crippen molar-refractivity contribution in [3.05, 3.63) is 71.0 Å². The molecule has 2 nitrogen and oxygen atoms in total. The van der Waals surface area contributed by atoms with Gasteiger partial charge in [-0.2, -0.15) is 0 Å². The molecule has 0 aromatic heterocycles. The van der Waals surface area contributed by atoms with Gasteiger partial charge in [0.05, 0.1) is 6.04 Å². The van der Waals surface area contributed by atoms with E-state index in [9.17, 15) is 9.18 Å². The molecule has 2 aromatic carbocycles. The van der Waals surface area contributed by atoms with Crippen LogP contribution in [0.2, 0.25) is 0 Å². The molecule has 0 saturated carbocycles. The molecule has 0 aliphatic carbocycles. The van der Waals surface area contributed by atoms with E-state index in [0.717, 1.165) is 36.1 Å². The Morgan fingerprint density at radius 2 is 1.86 bits per heavy atom. The van der Waals surface area contributed by atoms with Gasteiger partial charge in [0.25, 0.3) is 5.91 Å². The Balaban J connectivity index is 1.89. The first-order valence-electron chi connectivity index (χ1n) is 7.29. The van der Waals surface area contributed by atoms with Gasteiger partial charge >= 0.3 is 0 Å². The first kappa shape index (κ1) is 13.8. The summed E-state index contributed by atoms with van der Waals surface area (Å²) in [6.45, 7) is 2.71. The summed E-state index contributed by atoms with van der Waals surface area (Å²) >= 11 is 0. The van der Waals surface area contributed by atoms with Crippen molar-refractivity contribution in [2.45, 2.75) is 25.8 Å².